The Morgan fingerprint density at radius 1 is 1.09 bits per heavy atom. The molecular weight excluding hydrogens is 445 g/mol. The van der Waals surface area contributed by atoms with E-state index in [1.165, 1.54) is 0 Å². The Labute approximate surface area is 156 Å². The number of alkyl halides is 2. The molecule has 124 valence electrons. The fraction of sp³-hybridized carbons (Fsp3) is 0.294. The van der Waals surface area contributed by atoms with Crippen LogP contribution in [0.15, 0.2) is 59.5 Å². The van der Waals surface area contributed by atoms with Gasteiger partial charge < -0.3 is 0 Å². The maximum Gasteiger partial charge on any atom is 0.240 e. The van der Waals surface area contributed by atoms with Crippen molar-refractivity contribution in [3.05, 3.63) is 65.7 Å². The molecule has 0 aliphatic rings. The van der Waals surface area contributed by atoms with Gasteiger partial charge in [-0.05, 0) is 31.0 Å². The Hall–Kier alpha value is -0.630. The van der Waals surface area contributed by atoms with E-state index >= 15 is 0 Å². The minimum Gasteiger partial charge on any atom is -0.209 e. The first-order chi connectivity index (χ1) is 10.8. The van der Waals surface area contributed by atoms with E-state index in [2.05, 4.69) is 27.3 Å². The minimum absolute atomic E-state index is 0.183. The maximum atomic E-state index is 12.4. The monoisotopic (exact) mass is 463 g/mol. The van der Waals surface area contributed by atoms with Crippen LogP contribution in [0.25, 0.3) is 0 Å². The lowest BCUT2D eigenvalue weighted by Gasteiger charge is -2.25. The van der Waals surface area contributed by atoms with Gasteiger partial charge in [-0.25, -0.2) is 13.1 Å². The average molecular weight is 464 g/mol. The Kier molecular flexibility index (Phi) is 6.48. The highest BCUT2D eigenvalue weighted by Crippen LogP contribution is 2.24. The number of hydrogen-bond donors (Lipinski definition) is 1. The standard InChI is InChI=1S/C17H19ClINO2S/c1-14-7-9-16(10-8-14)23(21,22)20-13-17(18,12-19)11-15-5-3-2-4-6-15/h2-10,20H,11-13H2,1H3. The molecule has 0 radical (unpaired) electrons. The summed E-state index contributed by atoms with van der Waals surface area (Å²) in [5.41, 5.74) is 2.11. The van der Waals surface area contributed by atoms with E-state index in [0.717, 1.165) is 11.1 Å². The molecule has 0 aliphatic heterocycles. The Morgan fingerprint density at radius 2 is 1.70 bits per heavy atom. The zero-order valence-electron chi connectivity index (χ0n) is 12.8. The van der Waals surface area contributed by atoms with Crippen molar-refractivity contribution in [3.8, 4) is 0 Å². The molecule has 1 N–H and O–H groups in total. The van der Waals surface area contributed by atoms with E-state index in [1.54, 1.807) is 24.3 Å². The lowest BCUT2D eigenvalue weighted by molar-refractivity contribution is 0.561. The highest BCUT2D eigenvalue weighted by atomic mass is 127. The molecule has 23 heavy (non-hydrogen) atoms. The van der Waals surface area contributed by atoms with Crippen molar-refractivity contribution in [3.63, 3.8) is 0 Å². The number of halogens is 2. The van der Waals surface area contributed by atoms with Crippen LogP contribution >= 0.6 is 34.2 Å². The third-order valence-electron chi connectivity index (χ3n) is 3.51. The molecule has 0 fully saturated rings. The van der Waals surface area contributed by atoms with Gasteiger partial charge in [-0.15, -0.1) is 11.6 Å². The van der Waals surface area contributed by atoms with Gasteiger partial charge in [-0.1, -0.05) is 70.6 Å². The fourth-order valence-electron chi connectivity index (χ4n) is 2.14. The van der Waals surface area contributed by atoms with E-state index in [4.69, 9.17) is 11.6 Å². The molecule has 0 aliphatic carbocycles. The summed E-state index contributed by atoms with van der Waals surface area (Å²) in [6.45, 7) is 2.10. The summed E-state index contributed by atoms with van der Waals surface area (Å²) < 4.78 is 28.1. The molecule has 2 aromatic rings. The number of hydrogen-bond acceptors (Lipinski definition) is 2. The van der Waals surface area contributed by atoms with E-state index in [-0.39, 0.29) is 11.4 Å². The Morgan fingerprint density at radius 3 is 2.26 bits per heavy atom. The number of sulfonamides is 1. The first-order valence-corrected chi connectivity index (χ1v) is 10.6. The van der Waals surface area contributed by atoms with Crippen LogP contribution in [0.3, 0.4) is 0 Å². The molecule has 6 heteroatoms. The SMILES string of the molecule is Cc1ccc(S(=O)(=O)NCC(Cl)(CI)Cc2ccccc2)cc1. The smallest absolute Gasteiger partial charge is 0.209 e. The predicted octanol–water partition coefficient (Wildman–Crippen LogP) is 3.93. The highest BCUT2D eigenvalue weighted by molar-refractivity contribution is 14.1. The molecule has 1 unspecified atom stereocenters. The van der Waals surface area contributed by atoms with Crippen LogP contribution in [0, 0.1) is 6.92 Å². The first kappa shape index (κ1) is 18.7. The van der Waals surface area contributed by atoms with Gasteiger partial charge in [0.05, 0.1) is 9.77 Å². The van der Waals surface area contributed by atoms with Gasteiger partial charge in [0, 0.05) is 11.0 Å². The topological polar surface area (TPSA) is 46.2 Å². The van der Waals surface area contributed by atoms with Crippen LogP contribution in [0.1, 0.15) is 11.1 Å². The minimum atomic E-state index is -3.55. The molecule has 0 bridgehead atoms. The van der Waals surface area contributed by atoms with Crippen molar-refractivity contribution in [1.82, 2.24) is 4.72 Å². The van der Waals surface area contributed by atoms with Gasteiger partial charge in [0.1, 0.15) is 0 Å². The van der Waals surface area contributed by atoms with Gasteiger partial charge in [0.15, 0.2) is 0 Å². The number of aryl methyl sites for hydroxylation is 1. The summed E-state index contributed by atoms with van der Waals surface area (Å²) in [5, 5.41) is 0. The maximum absolute atomic E-state index is 12.4. The predicted molar refractivity (Wildman–Crippen MR) is 104 cm³/mol. The Bertz CT molecular complexity index is 735. The van der Waals surface area contributed by atoms with E-state index < -0.39 is 14.9 Å². The molecule has 3 nitrogen and oxygen atoms in total. The van der Waals surface area contributed by atoms with Crippen LogP contribution in [0.2, 0.25) is 0 Å². The van der Waals surface area contributed by atoms with Crippen molar-refractivity contribution < 1.29 is 8.42 Å². The molecule has 1 atom stereocenters. The molecule has 0 amide bonds. The van der Waals surface area contributed by atoms with Crippen LogP contribution in [0.4, 0.5) is 0 Å². The van der Waals surface area contributed by atoms with Crippen molar-refractivity contribution in [1.29, 1.82) is 0 Å². The van der Waals surface area contributed by atoms with E-state index in [0.29, 0.717) is 10.8 Å². The van der Waals surface area contributed by atoms with Gasteiger partial charge in [-0.2, -0.15) is 0 Å². The number of benzene rings is 2. The molecule has 2 aromatic carbocycles. The van der Waals surface area contributed by atoms with Gasteiger partial charge in [-0.3, -0.25) is 0 Å². The molecular formula is C17H19ClINO2S. The van der Waals surface area contributed by atoms with Crippen molar-refractivity contribution in [2.24, 2.45) is 0 Å². The normalized spacial score (nSPS) is 14.4. The quantitative estimate of drug-likeness (QED) is 0.500. The average Bonchev–Trinajstić information content (AvgIpc) is 2.55. The highest BCUT2D eigenvalue weighted by Gasteiger charge is 2.29. The van der Waals surface area contributed by atoms with Gasteiger partial charge in [0.25, 0.3) is 0 Å². The second kappa shape index (κ2) is 7.96. The summed E-state index contributed by atoms with van der Waals surface area (Å²) in [6, 6.07) is 16.6. The van der Waals surface area contributed by atoms with Crippen molar-refractivity contribution in [2.75, 3.05) is 11.0 Å². The summed E-state index contributed by atoms with van der Waals surface area (Å²) in [5.74, 6) is 0. The summed E-state index contributed by atoms with van der Waals surface area (Å²) in [4.78, 5) is -0.394. The van der Waals surface area contributed by atoms with Crippen LogP contribution < -0.4 is 4.72 Å². The summed E-state index contributed by atoms with van der Waals surface area (Å²) in [6.07, 6.45) is 0.606. The molecule has 0 spiro atoms. The third kappa shape index (κ3) is 5.45. The third-order valence-corrected chi connectivity index (χ3v) is 7.24. The summed E-state index contributed by atoms with van der Waals surface area (Å²) in [7, 11) is -3.55. The van der Waals surface area contributed by atoms with E-state index in [9.17, 15) is 8.42 Å². The molecule has 0 aromatic heterocycles. The lowest BCUT2D eigenvalue weighted by atomic mass is 10.0. The molecule has 0 saturated carbocycles. The van der Waals surface area contributed by atoms with Crippen LogP contribution in [-0.2, 0) is 16.4 Å². The van der Waals surface area contributed by atoms with E-state index in [1.807, 2.05) is 37.3 Å². The summed E-state index contributed by atoms with van der Waals surface area (Å²) >= 11 is 8.84. The van der Waals surface area contributed by atoms with Crippen molar-refractivity contribution in [2.45, 2.75) is 23.1 Å². The Balaban J connectivity index is 2.08. The zero-order valence-corrected chi connectivity index (χ0v) is 16.5. The molecule has 0 heterocycles. The van der Waals surface area contributed by atoms with Crippen LogP contribution in [0.5, 0.6) is 0 Å². The number of rotatable bonds is 7. The fourth-order valence-corrected chi connectivity index (χ4v) is 4.11. The number of nitrogens with one attached hydrogen (secondary N) is 1. The van der Waals surface area contributed by atoms with Gasteiger partial charge in [0.2, 0.25) is 10.0 Å². The molecule has 0 saturated heterocycles. The first-order valence-electron chi connectivity index (χ1n) is 7.20. The largest absolute Gasteiger partial charge is 0.240 e. The second-order valence-corrected chi connectivity index (χ2v) is 8.92. The molecule has 2 rings (SSSR count). The van der Waals surface area contributed by atoms with Crippen molar-refractivity contribution >= 4 is 44.2 Å². The second-order valence-electron chi connectivity index (χ2n) is 5.58. The zero-order chi connectivity index (χ0) is 16.9. The van der Waals surface area contributed by atoms with Gasteiger partial charge >= 0.3 is 0 Å². The lowest BCUT2D eigenvalue weighted by Crippen LogP contribution is -2.41. The van der Waals surface area contributed by atoms with Crippen LogP contribution in [-0.4, -0.2) is 24.3 Å².